The fourth-order valence-corrected chi connectivity index (χ4v) is 2.24. The van der Waals surface area contributed by atoms with E-state index < -0.39 is 0 Å². The minimum absolute atomic E-state index is 0. The van der Waals surface area contributed by atoms with Crippen LogP contribution in [0.4, 0.5) is 0 Å². The van der Waals surface area contributed by atoms with Crippen molar-refractivity contribution >= 4 is 0 Å². The Bertz CT molecular complexity index is 410. The molecule has 0 aliphatic rings. The Morgan fingerprint density at radius 2 is 1.84 bits per heavy atom. The molecule has 1 rings (SSSR count). The van der Waals surface area contributed by atoms with Crippen molar-refractivity contribution in [3.63, 3.8) is 0 Å². The number of hydrogen-bond donors (Lipinski definition) is 0. The molecule has 0 saturated heterocycles. The summed E-state index contributed by atoms with van der Waals surface area (Å²) in [6.45, 7) is 13.0. The third kappa shape index (κ3) is 4.38. The molecule has 0 nitrogen and oxygen atoms in total. The fraction of sp³-hybridized carbons (Fsp3) is 0.474. The Morgan fingerprint density at radius 3 is 2.42 bits per heavy atom. The van der Waals surface area contributed by atoms with Gasteiger partial charge in [-0.1, -0.05) is 77.6 Å². The average molecular weight is 258 g/mol. The first-order valence-corrected chi connectivity index (χ1v) is 6.90. The smallest absolute Gasteiger partial charge is 0.00407 e. The Morgan fingerprint density at radius 1 is 1.21 bits per heavy atom. The number of hydrogen-bond acceptors (Lipinski definition) is 0. The van der Waals surface area contributed by atoms with Crippen LogP contribution in [0.5, 0.6) is 0 Å². The molecule has 1 aromatic carbocycles. The lowest BCUT2D eigenvalue weighted by Crippen LogP contribution is -2.26. The van der Waals surface area contributed by atoms with Gasteiger partial charge in [0, 0.05) is 0 Å². The van der Waals surface area contributed by atoms with Crippen molar-refractivity contribution in [2.45, 2.75) is 53.4 Å². The fourth-order valence-electron chi connectivity index (χ4n) is 2.24. The van der Waals surface area contributed by atoms with Crippen molar-refractivity contribution in [3.8, 4) is 0 Å². The van der Waals surface area contributed by atoms with Gasteiger partial charge in [-0.25, -0.2) is 0 Å². The molecule has 0 saturated carbocycles. The Labute approximate surface area is 120 Å². The van der Waals surface area contributed by atoms with Gasteiger partial charge in [0.25, 0.3) is 0 Å². The van der Waals surface area contributed by atoms with E-state index in [0.717, 1.165) is 12.8 Å². The normalized spacial score (nSPS) is 13.1. The first kappa shape index (κ1) is 17.7. The van der Waals surface area contributed by atoms with E-state index in [1.807, 2.05) is 0 Å². The van der Waals surface area contributed by atoms with Gasteiger partial charge in [-0.3, -0.25) is 0 Å². The maximum absolute atomic E-state index is 3.94. The molecule has 19 heavy (non-hydrogen) atoms. The van der Waals surface area contributed by atoms with Crippen LogP contribution >= 0.6 is 0 Å². The SMILES string of the molecule is C.C=CC(C)C(C)(C)c1ccccc1C/C=C\CC. The van der Waals surface area contributed by atoms with Gasteiger partial charge in [0.05, 0.1) is 0 Å². The van der Waals surface area contributed by atoms with E-state index in [9.17, 15) is 0 Å². The monoisotopic (exact) mass is 258 g/mol. The van der Waals surface area contributed by atoms with Gasteiger partial charge < -0.3 is 0 Å². The lowest BCUT2D eigenvalue weighted by molar-refractivity contribution is 0.407. The summed E-state index contributed by atoms with van der Waals surface area (Å²) in [6, 6.07) is 8.77. The molecule has 0 N–H and O–H groups in total. The molecule has 106 valence electrons. The van der Waals surface area contributed by atoms with E-state index in [4.69, 9.17) is 0 Å². The molecular weight excluding hydrogens is 228 g/mol. The van der Waals surface area contributed by atoms with Crippen molar-refractivity contribution in [1.82, 2.24) is 0 Å². The summed E-state index contributed by atoms with van der Waals surface area (Å²) in [4.78, 5) is 0. The lowest BCUT2D eigenvalue weighted by atomic mass is 9.72. The third-order valence-electron chi connectivity index (χ3n) is 3.94. The quantitative estimate of drug-likeness (QED) is 0.555. The zero-order chi connectivity index (χ0) is 13.6. The second kappa shape index (κ2) is 7.99. The van der Waals surface area contributed by atoms with E-state index >= 15 is 0 Å². The standard InChI is InChI=1S/C18H26.CH4/c1-6-8-9-12-16-13-10-11-14-17(16)18(4,5)15(3)7-2;/h7-11,13-15H,2,6,12H2,1,3-5H3;1H4/b9-8-;. The van der Waals surface area contributed by atoms with Gasteiger partial charge in [0.15, 0.2) is 0 Å². The second-order valence-corrected chi connectivity index (χ2v) is 5.49. The summed E-state index contributed by atoms with van der Waals surface area (Å²) in [7, 11) is 0. The van der Waals surface area contributed by atoms with Gasteiger partial charge in [-0.05, 0) is 35.3 Å². The van der Waals surface area contributed by atoms with Crippen LogP contribution in [0, 0.1) is 5.92 Å². The van der Waals surface area contributed by atoms with Gasteiger partial charge in [-0.15, -0.1) is 6.58 Å². The molecule has 0 fully saturated rings. The molecule has 1 atom stereocenters. The Balaban J connectivity index is 0.00000324. The highest BCUT2D eigenvalue weighted by Gasteiger charge is 2.27. The Hall–Kier alpha value is -1.30. The molecule has 0 aliphatic carbocycles. The molecule has 0 aliphatic heterocycles. The van der Waals surface area contributed by atoms with Crippen molar-refractivity contribution in [3.05, 3.63) is 60.2 Å². The number of benzene rings is 1. The number of allylic oxidation sites excluding steroid dienone is 3. The van der Waals surface area contributed by atoms with Crippen molar-refractivity contribution < 1.29 is 0 Å². The molecule has 0 amide bonds. The van der Waals surface area contributed by atoms with Gasteiger partial charge in [0.2, 0.25) is 0 Å². The van der Waals surface area contributed by atoms with E-state index in [2.05, 4.69) is 76.8 Å². The zero-order valence-electron chi connectivity index (χ0n) is 12.2. The highest BCUT2D eigenvalue weighted by atomic mass is 14.3. The summed E-state index contributed by atoms with van der Waals surface area (Å²) in [5.74, 6) is 0.466. The third-order valence-corrected chi connectivity index (χ3v) is 3.94. The van der Waals surface area contributed by atoms with Crippen molar-refractivity contribution in [2.75, 3.05) is 0 Å². The molecule has 0 spiro atoms. The van der Waals surface area contributed by atoms with Crippen LogP contribution < -0.4 is 0 Å². The predicted octanol–water partition coefficient (Wildman–Crippen LogP) is 5.93. The molecule has 1 aromatic rings. The summed E-state index contributed by atoms with van der Waals surface area (Å²) in [6.07, 6.45) is 8.69. The molecular formula is C19H30. The molecule has 0 heterocycles. The van der Waals surface area contributed by atoms with E-state index in [1.54, 1.807) is 0 Å². The van der Waals surface area contributed by atoms with E-state index in [-0.39, 0.29) is 12.8 Å². The van der Waals surface area contributed by atoms with Crippen LogP contribution in [-0.2, 0) is 11.8 Å². The van der Waals surface area contributed by atoms with Gasteiger partial charge in [-0.2, -0.15) is 0 Å². The van der Waals surface area contributed by atoms with Crippen LogP contribution in [-0.4, -0.2) is 0 Å². The van der Waals surface area contributed by atoms with Crippen LogP contribution in [0.1, 0.15) is 52.7 Å². The molecule has 0 aromatic heterocycles. The first-order chi connectivity index (χ1) is 8.54. The minimum atomic E-state index is 0. The summed E-state index contributed by atoms with van der Waals surface area (Å²) < 4.78 is 0. The summed E-state index contributed by atoms with van der Waals surface area (Å²) >= 11 is 0. The maximum atomic E-state index is 3.94. The predicted molar refractivity (Wildman–Crippen MR) is 88.7 cm³/mol. The van der Waals surface area contributed by atoms with Crippen LogP contribution in [0.2, 0.25) is 0 Å². The molecule has 0 radical (unpaired) electrons. The average Bonchev–Trinajstić information content (AvgIpc) is 2.38. The topological polar surface area (TPSA) is 0 Å². The largest absolute Gasteiger partial charge is 0.103 e. The summed E-state index contributed by atoms with van der Waals surface area (Å²) in [5.41, 5.74) is 3.01. The van der Waals surface area contributed by atoms with Crippen LogP contribution in [0.25, 0.3) is 0 Å². The highest BCUT2D eigenvalue weighted by molar-refractivity contribution is 5.36. The minimum Gasteiger partial charge on any atom is -0.103 e. The van der Waals surface area contributed by atoms with Crippen molar-refractivity contribution in [1.29, 1.82) is 0 Å². The van der Waals surface area contributed by atoms with E-state index in [1.165, 1.54) is 11.1 Å². The zero-order valence-corrected chi connectivity index (χ0v) is 12.2. The van der Waals surface area contributed by atoms with Gasteiger partial charge >= 0.3 is 0 Å². The second-order valence-electron chi connectivity index (χ2n) is 5.49. The highest BCUT2D eigenvalue weighted by Crippen LogP contribution is 2.34. The van der Waals surface area contributed by atoms with Gasteiger partial charge in [0.1, 0.15) is 0 Å². The lowest BCUT2D eigenvalue weighted by Gasteiger charge is -2.32. The molecule has 0 bridgehead atoms. The Kier molecular flexibility index (Phi) is 7.44. The maximum Gasteiger partial charge on any atom is -0.00407 e. The van der Waals surface area contributed by atoms with Crippen LogP contribution in [0.15, 0.2) is 49.1 Å². The van der Waals surface area contributed by atoms with E-state index in [0.29, 0.717) is 5.92 Å². The molecule has 0 heteroatoms. The van der Waals surface area contributed by atoms with Crippen molar-refractivity contribution in [2.24, 2.45) is 5.92 Å². The molecule has 1 unspecified atom stereocenters. The number of rotatable bonds is 6. The van der Waals surface area contributed by atoms with Crippen LogP contribution in [0.3, 0.4) is 0 Å². The first-order valence-electron chi connectivity index (χ1n) is 6.90. The summed E-state index contributed by atoms with van der Waals surface area (Å²) in [5, 5.41) is 0.